The fourth-order valence-corrected chi connectivity index (χ4v) is 3.54. The second kappa shape index (κ2) is 5.57. The van der Waals surface area contributed by atoms with Crippen LogP contribution in [0.15, 0.2) is 24.3 Å². The predicted octanol–water partition coefficient (Wildman–Crippen LogP) is 3.49. The van der Waals surface area contributed by atoms with E-state index in [2.05, 4.69) is 55.0 Å². The molecule has 3 atom stereocenters. The summed E-state index contributed by atoms with van der Waals surface area (Å²) in [7, 11) is 2.11. The van der Waals surface area contributed by atoms with Crippen LogP contribution in [0.2, 0.25) is 0 Å². The van der Waals surface area contributed by atoms with Gasteiger partial charge < -0.3 is 9.88 Å². The molecule has 0 amide bonds. The lowest BCUT2D eigenvalue weighted by molar-refractivity contribution is 0.226. The van der Waals surface area contributed by atoms with Crippen LogP contribution in [0.3, 0.4) is 0 Å². The average molecular weight is 271 g/mol. The summed E-state index contributed by atoms with van der Waals surface area (Å²) in [6.07, 6.45) is 4.00. The molecule has 0 saturated heterocycles. The summed E-state index contributed by atoms with van der Waals surface area (Å²) in [5.74, 6) is 2.80. The van der Waals surface area contributed by atoms with Gasteiger partial charge in [0, 0.05) is 13.1 Å². The zero-order valence-electron chi connectivity index (χ0n) is 12.8. The van der Waals surface area contributed by atoms with Gasteiger partial charge in [-0.05, 0) is 43.2 Å². The van der Waals surface area contributed by atoms with Crippen LogP contribution in [-0.4, -0.2) is 15.6 Å². The summed E-state index contributed by atoms with van der Waals surface area (Å²) < 4.78 is 2.21. The van der Waals surface area contributed by atoms with Crippen molar-refractivity contribution in [2.24, 2.45) is 18.9 Å². The van der Waals surface area contributed by atoms with Gasteiger partial charge in [-0.1, -0.05) is 26.0 Å². The Balaban J connectivity index is 1.69. The van der Waals surface area contributed by atoms with Crippen molar-refractivity contribution in [1.29, 1.82) is 0 Å². The van der Waals surface area contributed by atoms with E-state index in [9.17, 15) is 0 Å². The Bertz CT molecular complexity index is 587. The second-order valence-electron chi connectivity index (χ2n) is 6.46. The Kier molecular flexibility index (Phi) is 3.79. The number of para-hydroxylation sites is 2. The predicted molar refractivity (Wildman–Crippen MR) is 83.5 cm³/mol. The third kappa shape index (κ3) is 2.59. The van der Waals surface area contributed by atoms with Gasteiger partial charge in [0.1, 0.15) is 5.82 Å². The molecule has 0 bridgehead atoms. The SMILES string of the molecule is CC1CCC(NCc2nc3ccccc3n2C)C(C)C1. The first-order valence-corrected chi connectivity index (χ1v) is 7.79. The molecular formula is C17H25N3. The molecule has 0 aliphatic heterocycles. The van der Waals surface area contributed by atoms with Gasteiger partial charge in [0.05, 0.1) is 17.6 Å². The van der Waals surface area contributed by atoms with Gasteiger partial charge in [-0.3, -0.25) is 0 Å². The van der Waals surface area contributed by atoms with Crippen molar-refractivity contribution in [3.8, 4) is 0 Å². The van der Waals surface area contributed by atoms with Gasteiger partial charge in [0.2, 0.25) is 0 Å². The smallest absolute Gasteiger partial charge is 0.123 e. The van der Waals surface area contributed by atoms with E-state index in [1.165, 1.54) is 24.8 Å². The molecule has 1 saturated carbocycles. The molecule has 3 unspecified atom stereocenters. The monoisotopic (exact) mass is 271 g/mol. The number of aryl methyl sites for hydroxylation is 1. The molecule has 1 fully saturated rings. The van der Waals surface area contributed by atoms with Crippen LogP contribution in [-0.2, 0) is 13.6 Å². The quantitative estimate of drug-likeness (QED) is 0.926. The first-order valence-electron chi connectivity index (χ1n) is 7.79. The number of hydrogen-bond donors (Lipinski definition) is 1. The van der Waals surface area contributed by atoms with E-state index >= 15 is 0 Å². The van der Waals surface area contributed by atoms with Crippen LogP contribution in [0.1, 0.15) is 38.9 Å². The van der Waals surface area contributed by atoms with Gasteiger partial charge >= 0.3 is 0 Å². The lowest BCUT2D eigenvalue weighted by Crippen LogP contribution is -2.39. The lowest BCUT2D eigenvalue weighted by atomic mass is 9.80. The summed E-state index contributed by atoms with van der Waals surface area (Å²) in [5.41, 5.74) is 2.31. The summed E-state index contributed by atoms with van der Waals surface area (Å²) >= 11 is 0. The third-order valence-corrected chi connectivity index (χ3v) is 4.83. The molecule has 1 N–H and O–H groups in total. The second-order valence-corrected chi connectivity index (χ2v) is 6.46. The first kappa shape index (κ1) is 13.6. The van der Waals surface area contributed by atoms with Crippen molar-refractivity contribution in [2.45, 2.75) is 45.7 Å². The summed E-state index contributed by atoms with van der Waals surface area (Å²) in [5, 5.41) is 3.73. The number of benzene rings is 1. The number of nitrogens with zero attached hydrogens (tertiary/aromatic N) is 2. The Morgan fingerprint density at radius 1 is 1.25 bits per heavy atom. The van der Waals surface area contributed by atoms with Gasteiger partial charge in [-0.25, -0.2) is 4.98 Å². The van der Waals surface area contributed by atoms with Gasteiger partial charge in [-0.15, -0.1) is 0 Å². The molecule has 0 spiro atoms. The number of nitrogens with one attached hydrogen (secondary N) is 1. The minimum atomic E-state index is 0.644. The van der Waals surface area contributed by atoms with Crippen LogP contribution in [0.25, 0.3) is 11.0 Å². The molecule has 3 heteroatoms. The van der Waals surface area contributed by atoms with E-state index in [0.29, 0.717) is 6.04 Å². The van der Waals surface area contributed by atoms with Crippen molar-refractivity contribution in [3.63, 3.8) is 0 Å². The number of rotatable bonds is 3. The van der Waals surface area contributed by atoms with Crippen LogP contribution in [0.5, 0.6) is 0 Å². The molecule has 0 radical (unpaired) electrons. The Morgan fingerprint density at radius 3 is 2.80 bits per heavy atom. The van der Waals surface area contributed by atoms with Crippen molar-refractivity contribution in [3.05, 3.63) is 30.1 Å². The highest BCUT2D eigenvalue weighted by atomic mass is 15.1. The molecule has 1 heterocycles. The van der Waals surface area contributed by atoms with Gasteiger partial charge in [0.25, 0.3) is 0 Å². The maximum atomic E-state index is 4.74. The van der Waals surface area contributed by atoms with E-state index in [-0.39, 0.29) is 0 Å². The molecule has 1 aliphatic rings. The first-order chi connectivity index (χ1) is 9.65. The van der Waals surface area contributed by atoms with E-state index in [1.807, 2.05) is 0 Å². The zero-order chi connectivity index (χ0) is 14.1. The Hall–Kier alpha value is -1.35. The molecule has 1 aromatic carbocycles. The Labute approximate surface area is 121 Å². The number of aromatic nitrogens is 2. The van der Waals surface area contributed by atoms with E-state index < -0.39 is 0 Å². The number of fused-ring (bicyclic) bond motifs is 1. The molecule has 108 valence electrons. The maximum absolute atomic E-state index is 4.74. The van der Waals surface area contributed by atoms with Crippen LogP contribution in [0.4, 0.5) is 0 Å². The molecule has 3 rings (SSSR count). The van der Waals surface area contributed by atoms with Crippen molar-refractivity contribution in [1.82, 2.24) is 14.9 Å². The molecule has 1 aliphatic carbocycles. The molecule has 20 heavy (non-hydrogen) atoms. The number of hydrogen-bond acceptors (Lipinski definition) is 2. The van der Waals surface area contributed by atoms with Crippen molar-refractivity contribution < 1.29 is 0 Å². The van der Waals surface area contributed by atoms with E-state index in [4.69, 9.17) is 4.98 Å². The fraction of sp³-hybridized carbons (Fsp3) is 0.588. The molecule has 1 aromatic heterocycles. The van der Waals surface area contributed by atoms with Gasteiger partial charge in [-0.2, -0.15) is 0 Å². The van der Waals surface area contributed by atoms with E-state index in [0.717, 1.165) is 29.7 Å². The summed E-state index contributed by atoms with van der Waals surface area (Å²) in [4.78, 5) is 4.74. The zero-order valence-corrected chi connectivity index (χ0v) is 12.8. The minimum absolute atomic E-state index is 0.644. The standard InChI is InChI=1S/C17H25N3/c1-12-8-9-14(13(2)10-12)18-11-17-19-15-6-4-5-7-16(15)20(17)3/h4-7,12-14,18H,8-11H2,1-3H3. The lowest BCUT2D eigenvalue weighted by Gasteiger charge is -2.33. The number of imidazole rings is 1. The maximum Gasteiger partial charge on any atom is 0.123 e. The highest BCUT2D eigenvalue weighted by Crippen LogP contribution is 2.28. The normalized spacial score (nSPS) is 27.1. The highest BCUT2D eigenvalue weighted by molar-refractivity contribution is 5.75. The van der Waals surface area contributed by atoms with Crippen LogP contribution in [0, 0.1) is 11.8 Å². The van der Waals surface area contributed by atoms with E-state index in [1.54, 1.807) is 0 Å². The van der Waals surface area contributed by atoms with Crippen LogP contribution < -0.4 is 5.32 Å². The summed E-state index contributed by atoms with van der Waals surface area (Å²) in [6, 6.07) is 9.00. The van der Waals surface area contributed by atoms with Gasteiger partial charge in [0.15, 0.2) is 0 Å². The average Bonchev–Trinajstić information content (AvgIpc) is 2.75. The van der Waals surface area contributed by atoms with Crippen molar-refractivity contribution in [2.75, 3.05) is 0 Å². The fourth-order valence-electron chi connectivity index (χ4n) is 3.54. The third-order valence-electron chi connectivity index (χ3n) is 4.83. The summed E-state index contributed by atoms with van der Waals surface area (Å²) in [6.45, 7) is 5.62. The molecular weight excluding hydrogens is 246 g/mol. The largest absolute Gasteiger partial charge is 0.330 e. The topological polar surface area (TPSA) is 29.9 Å². The molecule has 3 nitrogen and oxygen atoms in total. The minimum Gasteiger partial charge on any atom is -0.330 e. The highest BCUT2D eigenvalue weighted by Gasteiger charge is 2.25. The van der Waals surface area contributed by atoms with Crippen LogP contribution >= 0.6 is 0 Å². The van der Waals surface area contributed by atoms with Crippen molar-refractivity contribution >= 4 is 11.0 Å². The Morgan fingerprint density at radius 2 is 2.05 bits per heavy atom. The molecule has 2 aromatic rings.